The van der Waals surface area contributed by atoms with Crippen LogP contribution in [-0.2, 0) is 13.0 Å². The molecule has 2 aromatic rings. The van der Waals surface area contributed by atoms with Crippen molar-refractivity contribution in [3.63, 3.8) is 0 Å². The maximum Gasteiger partial charge on any atom is 0.170 e. The molecule has 94 valence electrons. The first-order chi connectivity index (χ1) is 8.60. The van der Waals surface area contributed by atoms with Crippen molar-refractivity contribution in [1.29, 1.82) is 0 Å². The summed E-state index contributed by atoms with van der Waals surface area (Å²) in [7, 11) is 0. The molecule has 0 saturated carbocycles. The van der Waals surface area contributed by atoms with Crippen LogP contribution >= 0.6 is 0 Å². The Morgan fingerprint density at radius 1 is 1.28 bits per heavy atom. The first-order valence-corrected chi connectivity index (χ1v) is 5.95. The maximum absolute atomic E-state index is 12.2. The molecule has 0 bridgehead atoms. The van der Waals surface area contributed by atoms with Crippen LogP contribution in [0.5, 0.6) is 0 Å². The van der Waals surface area contributed by atoms with Crippen LogP contribution in [0.1, 0.15) is 34.5 Å². The second-order valence-electron chi connectivity index (χ2n) is 4.23. The Morgan fingerprint density at radius 2 is 1.94 bits per heavy atom. The molecule has 0 unspecified atom stereocenters. The average Bonchev–Trinajstić information content (AvgIpc) is 2.75. The normalized spacial score (nSPS) is 10.6. The van der Waals surface area contributed by atoms with Crippen molar-refractivity contribution >= 4 is 5.78 Å². The van der Waals surface area contributed by atoms with Crippen LogP contribution < -0.4 is 0 Å². The van der Waals surface area contributed by atoms with Gasteiger partial charge in [-0.15, -0.1) is 0 Å². The third-order valence-corrected chi connectivity index (χ3v) is 2.72. The van der Waals surface area contributed by atoms with Gasteiger partial charge in [0, 0.05) is 23.5 Å². The summed E-state index contributed by atoms with van der Waals surface area (Å²) in [5.74, 6) is 0.751. The Morgan fingerprint density at radius 3 is 2.56 bits per heavy atom. The highest BCUT2D eigenvalue weighted by molar-refractivity contribution is 5.97. The van der Waals surface area contributed by atoms with E-state index in [2.05, 4.69) is 15.1 Å². The summed E-state index contributed by atoms with van der Waals surface area (Å²) in [6, 6.07) is 3.62. The number of hydrogen-bond donors (Lipinski definition) is 0. The van der Waals surface area contributed by atoms with E-state index in [9.17, 15) is 4.79 Å². The fraction of sp³-hybridized carbons (Fsp3) is 0.385. The molecule has 0 aliphatic heterocycles. The Bertz CT molecular complexity index is 554. The monoisotopic (exact) mass is 244 g/mol. The fourth-order valence-electron chi connectivity index (χ4n) is 1.93. The van der Waals surface area contributed by atoms with Gasteiger partial charge in [0.15, 0.2) is 5.78 Å². The highest BCUT2D eigenvalue weighted by Gasteiger charge is 2.12. The van der Waals surface area contributed by atoms with Gasteiger partial charge in [0.05, 0.1) is 6.42 Å². The van der Waals surface area contributed by atoms with Gasteiger partial charge in [-0.05, 0) is 32.9 Å². The molecule has 5 nitrogen and oxygen atoms in total. The molecule has 0 spiro atoms. The van der Waals surface area contributed by atoms with E-state index in [-0.39, 0.29) is 12.2 Å². The highest BCUT2D eigenvalue weighted by Crippen LogP contribution is 2.09. The predicted molar refractivity (Wildman–Crippen MR) is 67.4 cm³/mol. The van der Waals surface area contributed by atoms with E-state index in [1.54, 1.807) is 4.68 Å². The number of aromatic nitrogens is 4. The van der Waals surface area contributed by atoms with Crippen LogP contribution in [0.4, 0.5) is 0 Å². The number of nitrogens with zero attached hydrogens (tertiary/aromatic N) is 4. The fourth-order valence-corrected chi connectivity index (χ4v) is 1.93. The van der Waals surface area contributed by atoms with Crippen molar-refractivity contribution < 1.29 is 4.79 Å². The number of aryl methyl sites for hydroxylation is 3. The van der Waals surface area contributed by atoms with E-state index >= 15 is 0 Å². The largest absolute Gasteiger partial charge is 0.294 e. The Labute approximate surface area is 106 Å². The molecule has 5 heteroatoms. The van der Waals surface area contributed by atoms with Crippen molar-refractivity contribution in [2.75, 3.05) is 0 Å². The smallest absolute Gasteiger partial charge is 0.170 e. The summed E-state index contributed by atoms with van der Waals surface area (Å²) in [6.07, 6.45) is 1.76. The minimum atomic E-state index is 0.0475. The van der Waals surface area contributed by atoms with E-state index in [1.165, 1.54) is 6.33 Å². The molecule has 0 saturated heterocycles. The van der Waals surface area contributed by atoms with E-state index in [0.29, 0.717) is 11.4 Å². The van der Waals surface area contributed by atoms with E-state index in [0.717, 1.165) is 17.9 Å². The molecule has 2 rings (SSSR count). The Hall–Kier alpha value is -2.04. The van der Waals surface area contributed by atoms with Crippen LogP contribution in [0.3, 0.4) is 0 Å². The lowest BCUT2D eigenvalue weighted by molar-refractivity contribution is 0.0989. The van der Waals surface area contributed by atoms with E-state index < -0.39 is 0 Å². The summed E-state index contributed by atoms with van der Waals surface area (Å²) in [4.78, 5) is 20.6. The average molecular weight is 244 g/mol. The lowest BCUT2D eigenvalue weighted by Crippen LogP contribution is -2.11. The number of pyridine rings is 1. The molecule has 0 radical (unpaired) electrons. The summed E-state index contributed by atoms with van der Waals surface area (Å²) in [6.45, 7) is 6.47. The van der Waals surface area contributed by atoms with Gasteiger partial charge >= 0.3 is 0 Å². The second-order valence-corrected chi connectivity index (χ2v) is 4.23. The van der Waals surface area contributed by atoms with Crippen molar-refractivity contribution in [3.8, 4) is 0 Å². The first kappa shape index (κ1) is 12.4. The molecular formula is C13H16N4O. The Kier molecular flexibility index (Phi) is 3.50. The summed E-state index contributed by atoms with van der Waals surface area (Å²) < 4.78 is 1.73. The second kappa shape index (κ2) is 5.08. The van der Waals surface area contributed by atoms with Gasteiger partial charge in [-0.3, -0.25) is 9.78 Å². The van der Waals surface area contributed by atoms with Crippen LogP contribution in [0.2, 0.25) is 0 Å². The predicted octanol–water partition coefficient (Wildman–Crippen LogP) is 1.74. The molecule has 18 heavy (non-hydrogen) atoms. The number of carbonyl (C=O) groups is 1. The molecule has 0 aromatic carbocycles. The standard InChI is InChI=1S/C13H16N4O/c1-4-17-13(14-8-15-17)7-12(18)11-5-9(2)16-10(3)6-11/h5-6,8H,4,7H2,1-3H3. The van der Waals surface area contributed by atoms with E-state index in [4.69, 9.17) is 0 Å². The number of Topliss-reactive ketones (excluding diaryl/α,β-unsaturated/α-hetero) is 1. The molecule has 2 heterocycles. The lowest BCUT2D eigenvalue weighted by atomic mass is 10.1. The van der Waals surface area contributed by atoms with Crippen LogP contribution in [-0.4, -0.2) is 25.5 Å². The van der Waals surface area contributed by atoms with Gasteiger partial charge in [0.25, 0.3) is 0 Å². The Balaban J connectivity index is 2.22. The van der Waals surface area contributed by atoms with Crippen LogP contribution in [0.25, 0.3) is 0 Å². The van der Waals surface area contributed by atoms with Crippen LogP contribution in [0.15, 0.2) is 18.5 Å². The minimum absolute atomic E-state index is 0.0475. The number of rotatable bonds is 4. The van der Waals surface area contributed by atoms with Crippen molar-refractivity contribution in [2.45, 2.75) is 33.7 Å². The molecule has 0 atom stereocenters. The lowest BCUT2D eigenvalue weighted by Gasteiger charge is -2.04. The summed E-state index contributed by atoms with van der Waals surface area (Å²) >= 11 is 0. The molecule has 0 fully saturated rings. The molecule has 0 N–H and O–H groups in total. The van der Waals surface area contributed by atoms with Gasteiger partial charge in [-0.25, -0.2) is 9.67 Å². The van der Waals surface area contributed by atoms with Gasteiger partial charge < -0.3 is 0 Å². The zero-order valence-electron chi connectivity index (χ0n) is 10.8. The zero-order valence-corrected chi connectivity index (χ0v) is 10.8. The van der Waals surface area contributed by atoms with Crippen molar-refractivity contribution in [1.82, 2.24) is 19.7 Å². The third-order valence-electron chi connectivity index (χ3n) is 2.72. The molecule has 0 amide bonds. The van der Waals surface area contributed by atoms with Crippen molar-refractivity contribution in [3.05, 3.63) is 41.2 Å². The zero-order chi connectivity index (χ0) is 13.1. The minimum Gasteiger partial charge on any atom is -0.294 e. The van der Waals surface area contributed by atoms with Crippen LogP contribution in [0, 0.1) is 13.8 Å². The molecular weight excluding hydrogens is 228 g/mol. The van der Waals surface area contributed by atoms with Gasteiger partial charge in [0.2, 0.25) is 0 Å². The molecule has 0 aliphatic rings. The number of carbonyl (C=O) groups excluding carboxylic acids is 1. The molecule has 0 aliphatic carbocycles. The maximum atomic E-state index is 12.2. The first-order valence-electron chi connectivity index (χ1n) is 5.95. The number of hydrogen-bond acceptors (Lipinski definition) is 4. The van der Waals surface area contributed by atoms with Gasteiger partial charge in [-0.1, -0.05) is 0 Å². The summed E-state index contributed by atoms with van der Waals surface area (Å²) in [5, 5.41) is 4.06. The quantitative estimate of drug-likeness (QED) is 0.768. The van der Waals surface area contributed by atoms with Gasteiger partial charge in [0.1, 0.15) is 12.2 Å². The highest BCUT2D eigenvalue weighted by atomic mass is 16.1. The third kappa shape index (κ3) is 2.61. The van der Waals surface area contributed by atoms with Gasteiger partial charge in [-0.2, -0.15) is 5.10 Å². The van der Waals surface area contributed by atoms with E-state index in [1.807, 2.05) is 32.9 Å². The number of ketones is 1. The molecule has 2 aromatic heterocycles. The van der Waals surface area contributed by atoms with Crippen molar-refractivity contribution in [2.24, 2.45) is 0 Å². The SMILES string of the molecule is CCn1ncnc1CC(=O)c1cc(C)nc(C)c1. The summed E-state index contributed by atoms with van der Waals surface area (Å²) in [5.41, 5.74) is 2.40. The topological polar surface area (TPSA) is 60.7 Å².